The second-order valence-electron chi connectivity index (χ2n) is 43.2. The lowest BCUT2D eigenvalue weighted by molar-refractivity contribution is -0.104. The fraction of sp³-hybridized carbons (Fsp3) is 1.00. The van der Waals surface area contributed by atoms with Crippen molar-refractivity contribution in [1.29, 1.82) is 0 Å². The molecule has 7 saturated carbocycles. The zero-order chi connectivity index (χ0) is 72.3. The van der Waals surface area contributed by atoms with Gasteiger partial charge in [-0.05, 0) is 235 Å². The first-order chi connectivity index (χ1) is 47.3. The van der Waals surface area contributed by atoms with Gasteiger partial charge in [0.1, 0.15) is 0 Å². The van der Waals surface area contributed by atoms with Gasteiger partial charge in [-0.2, -0.15) is 0 Å². The van der Waals surface area contributed by atoms with E-state index in [1.165, 1.54) is 323 Å². The summed E-state index contributed by atoms with van der Waals surface area (Å²) in [6.07, 6.45) is 57.0. The van der Waals surface area contributed by atoms with E-state index >= 15 is 0 Å². The largest absolute Gasteiger partial charge is 0.380 e. The molecule has 0 unspecified atom stereocenters. The topological polar surface area (TPSA) is 28.7 Å². The number of nitrogens with zero attached hydrogens (tertiary/aromatic N) is 6. The van der Waals surface area contributed by atoms with E-state index in [1.807, 2.05) is 20.8 Å². The van der Waals surface area contributed by atoms with E-state index < -0.39 is 11.8 Å². The standard InChI is InChI=1S/C18H33F2N.C18H35N.C17H34N2.C14H27NO.C13H23N.C11H22.CH4/c1-17(2,3)14-18(19,20)16-9-11-21(12-10-16)13-15-7-5-4-6-8-15;1-18(2,3)11-14-19-12-9-17(10-13-19)15-16-7-5-4-6-8-16;1-17(2,3)9-10-18-11-13-19(14-12-18)15-16-7-5-4-6-8-16;1-13(2,3)7-9-16-10-8-15-11-14(12-15)5-4-6-14;1-2-5-12(6-3-1)9-14-10-13(11-14)7-4-8-13;1-11(2,3)9-10-7-5-4-6-8-10;/h15-16H,4-14H2,1-3H3;16-17H,4-15H2,1-3H3;16H,4-15H2,1-3H3;4-12H2,1-3H3;12H,1-11H2;10H,4-9H2,1-3H3;1H4. The van der Waals surface area contributed by atoms with Crippen molar-refractivity contribution in [1.82, 2.24) is 29.4 Å². The van der Waals surface area contributed by atoms with Crippen LogP contribution in [0.25, 0.3) is 0 Å². The molecule has 5 aliphatic heterocycles. The lowest BCUT2D eigenvalue weighted by atomic mass is 9.63. The van der Waals surface area contributed by atoms with Gasteiger partial charge >= 0.3 is 0 Å². The Kier molecular flexibility index (Phi) is 38.8. The van der Waals surface area contributed by atoms with Crippen molar-refractivity contribution in [2.45, 2.75) is 380 Å². The summed E-state index contributed by atoms with van der Waals surface area (Å²) in [5, 5.41) is 0. The summed E-state index contributed by atoms with van der Waals surface area (Å²) in [6, 6.07) is 0. The molecule has 0 amide bonds. The summed E-state index contributed by atoms with van der Waals surface area (Å²) in [5.74, 6) is 3.17. The Bertz CT molecular complexity index is 2020. The maximum Gasteiger partial charge on any atom is 0.251 e. The molecule has 5 saturated heterocycles. The molecule has 0 aromatic carbocycles. The average molecular weight is 1420 g/mol. The second kappa shape index (κ2) is 43.8. The van der Waals surface area contributed by atoms with Crippen LogP contribution in [0.15, 0.2) is 0 Å². The SMILES string of the molecule is C.C1CCC(CN2CC3(CCC3)C2)CC1.CC(C)(C)CC(F)(F)C1CCN(CC2CCCCC2)CC1.CC(C)(C)CC1CCCCC1.CC(C)(C)CCN1CCC(CC2CCCCC2)CC1.CC(C)(C)CCN1CCN(CC2CCCCC2)CC1.CC(C)(C)CCOCCN1CC2(CCC2)C1. The predicted octanol–water partition coefficient (Wildman–Crippen LogP) is 24.7. The summed E-state index contributed by atoms with van der Waals surface area (Å²) in [5.41, 5.74) is 3.27. The monoisotopic (exact) mass is 1420 g/mol. The highest BCUT2D eigenvalue weighted by atomic mass is 19.3. The third-order valence-corrected chi connectivity index (χ3v) is 26.8. The first kappa shape index (κ1) is 89.5. The highest BCUT2D eigenvalue weighted by molar-refractivity contribution is 5.01. The van der Waals surface area contributed by atoms with Crippen molar-refractivity contribution in [3.05, 3.63) is 0 Å². The minimum absolute atomic E-state index is 0. The maximum atomic E-state index is 14.4. The van der Waals surface area contributed by atoms with Crippen molar-refractivity contribution >= 4 is 0 Å². The highest BCUT2D eigenvalue weighted by Gasteiger charge is 2.48. The lowest BCUT2D eigenvalue weighted by Gasteiger charge is -2.57. The first-order valence-electron chi connectivity index (χ1n) is 44.6. The molecule has 0 radical (unpaired) electrons. The Balaban J connectivity index is 0.000000192. The highest BCUT2D eigenvalue weighted by Crippen LogP contribution is 2.50. The van der Waals surface area contributed by atoms with E-state index in [9.17, 15) is 8.78 Å². The molecule has 0 aromatic rings. The van der Waals surface area contributed by atoms with Gasteiger partial charge in [-0.1, -0.05) is 246 Å². The zero-order valence-electron chi connectivity index (χ0n) is 70.0. The van der Waals surface area contributed by atoms with Crippen molar-refractivity contribution in [3.8, 4) is 0 Å². The Morgan fingerprint density at radius 3 is 1.02 bits per heavy atom. The molecule has 12 aliphatic rings. The molecule has 9 heteroatoms. The maximum absolute atomic E-state index is 14.4. The van der Waals surface area contributed by atoms with Gasteiger partial charge in [0.05, 0.1) is 6.61 Å². The summed E-state index contributed by atoms with van der Waals surface area (Å²) < 4.78 is 34.4. The molecule has 0 atom stereocenters. The van der Waals surface area contributed by atoms with Gasteiger partial charge in [0.15, 0.2) is 0 Å². The molecular weight excluding hydrogens is 1240 g/mol. The molecular formula is C92H178F2N6O. The van der Waals surface area contributed by atoms with E-state index in [-0.39, 0.29) is 19.3 Å². The predicted molar refractivity (Wildman–Crippen MR) is 437 cm³/mol. The Morgan fingerprint density at radius 2 is 0.644 bits per heavy atom. The second-order valence-corrected chi connectivity index (χ2v) is 43.2. The van der Waals surface area contributed by atoms with Crippen LogP contribution < -0.4 is 0 Å². The van der Waals surface area contributed by atoms with Gasteiger partial charge in [0.2, 0.25) is 0 Å². The molecule has 12 fully saturated rings. The number of alkyl halides is 2. The van der Waals surface area contributed by atoms with E-state index in [2.05, 4.69) is 112 Å². The Morgan fingerprint density at radius 1 is 0.307 bits per heavy atom. The number of halogens is 2. The molecule has 12 rings (SSSR count). The van der Waals surface area contributed by atoms with Gasteiger partial charge < -0.3 is 29.2 Å². The van der Waals surface area contributed by atoms with Crippen molar-refractivity contribution < 1.29 is 13.5 Å². The van der Waals surface area contributed by atoms with Gasteiger partial charge in [0, 0.05) is 97.5 Å². The Hall–Kier alpha value is -0.420. The zero-order valence-corrected chi connectivity index (χ0v) is 70.0. The minimum Gasteiger partial charge on any atom is -0.380 e. The average Bonchev–Trinajstić information content (AvgIpc) is 0.769. The molecule has 0 aromatic heterocycles. The van der Waals surface area contributed by atoms with Crippen LogP contribution in [-0.4, -0.2) is 166 Å². The molecule has 596 valence electrons. The van der Waals surface area contributed by atoms with Crippen LogP contribution in [-0.2, 0) is 4.74 Å². The quantitative estimate of drug-likeness (QED) is 0.112. The smallest absolute Gasteiger partial charge is 0.251 e. The molecule has 7 aliphatic carbocycles. The van der Waals surface area contributed by atoms with E-state index in [4.69, 9.17) is 4.74 Å². The summed E-state index contributed by atoms with van der Waals surface area (Å²) in [4.78, 5) is 15.8. The van der Waals surface area contributed by atoms with Gasteiger partial charge in [-0.15, -0.1) is 0 Å². The third kappa shape index (κ3) is 37.2. The molecule has 5 heterocycles. The van der Waals surface area contributed by atoms with Crippen molar-refractivity contribution in [3.63, 3.8) is 0 Å². The van der Waals surface area contributed by atoms with E-state index in [0.717, 1.165) is 92.2 Å². The number of piperidine rings is 2. The van der Waals surface area contributed by atoms with Gasteiger partial charge in [-0.3, -0.25) is 4.90 Å². The third-order valence-electron chi connectivity index (χ3n) is 26.8. The van der Waals surface area contributed by atoms with Crippen LogP contribution >= 0.6 is 0 Å². The van der Waals surface area contributed by atoms with Crippen LogP contribution in [0, 0.1) is 79.3 Å². The minimum atomic E-state index is -2.49. The van der Waals surface area contributed by atoms with Gasteiger partial charge in [0.25, 0.3) is 5.92 Å². The fourth-order valence-corrected chi connectivity index (χ4v) is 20.1. The number of likely N-dealkylation sites (tertiary alicyclic amines) is 4. The number of hydrogen-bond acceptors (Lipinski definition) is 7. The molecule has 0 N–H and O–H groups in total. The van der Waals surface area contributed by atoms with Gasteiger partial charge in [-0.25, -0.2) is 8.78 Å². The lowest BCUT2D eigenvalue weighted by Crippen LogP contribution is -2.60. The van der Waals surface area contributed by atoms with Crippen LogP contribution in [0.2, 0.25) is 0 Å². The molecule has 101 heavy (non-hydrogen) atoms. The van der Waals surface area contributed by atoms with Crippen LogP contribution in [0.4, 0.5) is 8.78 Å². The van der Waals surface area contributed by atoms with E-state index in [1.54, 1.807) is 6.42 Å². The number of hydrogen-bond donors (Lipinski definition) is 0. The van der Waals surface area contributed by atoms with Crippen LogP contribution in [0.5, 0.6) is 0 Å². The van der Waals surface area contributed by atoms with Crippen molar-refractivity contribution in [2.75, 3.05) is 131 Å². The fourth-order valence-electron chi connectivity index (χ4n) is 20.1. The van der Waals surface area contributed by atoms with E-state index in [0.29, 0.717) is 34.5 Å². The Labute approximate surface area is 630 Å². The van der Waals surface area contributed by atoms with Crippen LogP contribution in [0.1, 0.15) is 375 Å². The summed E-state index contributed by atoms with van der Waals surface area (Å²) in [7, 11) is 0. The number of ether oxygens (including phenoxy) is 1. The van der Waals surface area contributed by atoms with Crippen molar-refractivity contribution in [2.24, 2.45) is 79.3 Å². The molecule has 2 spiro atoms. The first-order valence-corrected chi connectivity index (χ1v) is 44.6. The number of rotatable bonds is 20. The molecule has 7 nitrogen and oxygen atoms in total. The van der Waals surface area contributed by atoms with Crippen LogP contribution in [0.3, 0.4) is 0 Å². The number of piperazine rings is 1. The molecule has 0 bridgehead atoms. The summed E-state index contributed by atoms with van der Waals surface area (Å²) in [6.45, 7) is 58.6. The summed E-state index contributed by atoms with van der Waals surface area (Å²) >= 11 is 0. The normalized spacial score (nSPS) is 25.2.